The summed E-state index contributed by atoms with van der Waals surface area (Å²) >= 11 is 11.5. The van der Waals surface area contributed by atoms with E-state index in [1.807, 2.05) is 0 Å². The highest BCUT2D eigenvalue weighted by atomic mass is 35.5. The monoisotopic (exact) mass is 530 g/mol. The molecule has 1 amide bonds. The molecule has 0 N–H and O–H groups in total. The van der Waals surface area contributed by atoms with E-state index in [0.717, 1.165) is 12.1 Å². The molecule has 184 valence electrons. The second kappa shape index (κ2) is 7.83. The maximum absolute atomic E-state index is 14.2. The summed E-state index contributed by atoms with van der Waals surface area (Å²) in [4.78, 5) is 31.0. The summed E-state index contributed by atoms with van der Waals surface area (Å²) in [5.74, 6) is -1.75. The van der Waals surface area contributed by atoms with Gasteiger partial charge in [0.05, 0.1) is 34.4 Å². The minimum absolute atomic E-state index is 0.0707. The first kappa shape index (κ1) is 23.9. The molecule has 35 heavy (non-hydrogen) atoms. The largest absolute Gasteiger partial charge is 0.447 e. The van der Waals surface area contributed by atoms with E-state index in [1.165, 1.54) is 12.1 Å². The second-order valence-electron chi connectivity index (χ2n) is 8.63. The molecular formula is C23H16Cl2F4N2O4. The van der Waals surface area contributed by atoms with Crippen molar-refractivity contribution in [1.82, 2.24) is 4.90 Å². The second-order valence-corrected chi connectivity index (χ2v) is 9.45. The lowest BCUT2D eigenvalue weighted by Gasteiger charge is -2.46. The van der Waals surface area contributed by atoms with Gasteiger partial charge in [-0.05, 0) is 18.2 Å². The number of esters is 1. The predicted octanol–water partition coefficient (Wildman–Crippen LogP) is 5.33. The van der Waals surface area contributed by atoms with Crippen molar-refractivity contribution in [2.45, 2.75) is 37.1 Å². The number of benzene rings is 2. The van der Waals surface area contributed by atoms with E-state index in [2.05, 4.69) is 5.16 Å². The molecule has 6 nitrogen and oxygen atoms in total. The van der Waals surface area contributed by atoms with Gasteiger partial charge in [-0.3, -0.25) is 4.79 Å². The van der Waals surface area contributed by atoms with Crippen LogP contribution in [0.25, 0.3) is 0 Å². The van der Waals surface area contributed by atoms with Gasteiger partial charge in [0.1, 0.15) is 0 Å². The number of oxime groups is 1. The van der Waals surface area contributed by atoms with Gasteiger partial charge in [-0.15, -0.1) is 0 Å². The molecule has 0 bridgehead atoms. The third-order valence-electron chi connectivity index (χ3n) is 6.54. The standard InChI is InChI=1S/C23H16Cl2F4N2O4/c1-2-18(32)31-9-21(10-31)14-4-3-11(5-13(14)20(33)34-21)17-8-22(35-30-17,23(27,28)29)12-6-15(24)19(26)16(25)7-12/h3-7H,2,8-10H2,1H3. The third-order valence-corrected chi connectivity index (χ3v) is 7.09. The van der Waals surface area contributed by atoms with Gasteiger partial charge >= 0.3 is 12.1 Å². The van der Waals surface area contributed by atoms with Gasteiger partial charge < -0.3 is 14.5 Å². The van der Waals surface area contributed by atoms with E-state index in [-0.39, 0.29) is 35.8 Å². The minimum atomic E-state index is -4.95. The van der Waals surface area contributed by atoms with Crippen molar-refractivity contribution in [3.8, 4) is 0 Å². The molecule has 12 heteroatoms. The summed E-state index contributed by atoms with van der Waals surface area (Å²) in [6.07, 6.45) is -5.39. The summed E-state index contributed by atoms with van der Waals surface area (Å²) in [5, 5.41) is 2.49. The van der Waals surface area contributed by atoms with E-state index in [0.29, 0.717) is 12.0 Å². The molecule has 0 aliphatic carbocycles. The van der Waals surface area contributed by atoms with Crippen LogP contribution in [0.3, 0.4) is 0 Å². The van der Waals surface area contributed by atoms with Crippen molar-refractivity contribution in [3.63, 3.8) is 0 Å². The molecule has 0 saturated carbocycles. The highest BCUT2D eigenvalue weighted by molar-refractivity contribution is 6.35. The van der Waals surface area contributed by atoms with E-state index in [4.69, 9.17) is 32.8 Å². The maximum atomic E-state index is 14.2. The maximum Gasteiger partial charge on any atom is 0.435 e. The molecule has 0 radical (unpaired) electrons. The summed E-state index contributed by atoms with van der Waals surface area (Å²) in [6, 6.07) is 6.12. The van der Waals surface area contributed by atoms with Crippen molar-refractivity contribution >= 4 is 40.8 Å². The molecule has 2 aromatic carbocycles. The molecule has 3 aliphatic heterocycles. The lowest BCUT2D eigenvalue weighted by molar-refractivity contribution is -0.275. The lowest BCUT2D eigenvalue weighted by Crippen LogP contribution is -2.61. The van der Waals surface area contributed by atoms with Crippen LogP contribution in [0, 0.1) is 5.82 Å². The Morgan fingerprint density at radius 2 is 1.83 bits per heavy atom. The normalized spacial score (nSPS) is 22.4. The average molecular weight is 531 g/mol. The van der Waals surface area contributed by atoms with Crippen LogP contribution in [0.2, 0.25) is 10.0 Å². The number of carbonyl (C=O) groups is 2. The average Bonchev–Trinajstić information content (AvgIpc) is 3.36. The fourth-order valence-electron chi connectivity index (χ4n) is 4.63. The Morgan fingerprint density at radius 1 is 1.17 bits per heavy atom. The Morgan fingerprint density at radius 3 is 2.43 bits per heavy atom. The minimum Gasteiger partial charge on any atom is -0.447 e. The highest BCUT2D eigenvalue weighted by Gasteiger charge is 2.63. The first-order valence-corrected chi connectivity index (χ1v) is 11.3. The molecule has 1 spiro atoms. The summed E-state index contributed by atoms with van der Waals surface area (Å²) < 4.78 is 62.1. The Hall–Kier alpha value is -2.85. The fourth-order valence-corrected chi connectivity index (χ4v) is 5.12. The predicted molar refractivity (Wildman–Crippen MR) is 117 cm³/mol. The number of nitrogens with zero attached hydrogens (tertiary/aromatic N) is 2. The lowest BCUT2D eigenvalue weighted by atomic mass is 9.83. The number of hydrogen-bond donors (Lipinski definition) is 0. The molecule has 3 heterocycles. The fraction of sp³-hybridized carbons (Fsp3) is 0.348. The highest BCUT2D eigenvalue weighted by Crippen LogP contribution is 2.50. The number of halogens is 6. The zero-order valence-corrected chi connectivity index (χ0v) is 19.5. The van der Waals surface area contributed by atoms with Gasteiger partial charge in [0.25, 0.3) is 5.60 Å². The number of rotatable bonds is 3. The molecule has 5 rings (SSSR count). The number of amides is 1. The SMILES string of the molecule is CCC(=O)N1CC2(C1)OC(=O)c1cc(C3=NOC(c4cc(Cl)c(F)c(Cl)c4)(C(F)(F)F)C3)ccc12. The number of ether oxygens (including phenoxy) is 1. The molecule has 0 aromatic heterocycles. The summed E-state index contributed by atoms with van der Waals surface area (Å²) in [6.45, 7) is 2.16. The number of likely N-dealkylation sites (tertiary alicyclic amines) is 1. The zero-order valence-electron chi connectivity index (χ0n) is 18.0. The number of hydrogen-bond acceptors (Lipinski definition) is 5. The van der Waals surface area contributed by atoms with Crippen LogP contribution in [-0.2, 0) is 25.6 Å². The molecular weight excluding hydrogens is 515 g/mol. The van der Waals surface area contributed by atoms with Crippen molar-refractivity contribution in [1.29, 1.82) is 0 Å². The number of carbonyl (C=O) groups excluding carboxylic acids is 2. The molecule has 1 atom stereocenters. The van der Waals surface area contributed by atoms with Crippen molar-refractivity contribution in [2.24, 2.45) is 5.16 Å². The zero-order chi connectivity index (χ0) is 25.3. The van der Waals surface area contributed by atoms with Crippen LogP contribution in [0.4, 0.5) is 17.6 Å². The number of alkyl halides is 3. The Balaban J connectivity index is 1.46. The van der Waals surface area contributed by atoms with E-state index in [9.17, 15) is 27.2 Å². The summed E-state index contributed by atoms with van der Waals surface area (Å²) in [5.41, 5.74) is -3.51. The topological polar surface area (TPSA) is 68.2 Å². The van der Waals surface area contributed by atoms with Crippen molar-refractivity contribution in [2.75, 3.05) is 13.1 Å². The molecule has 3 aliphatic rings. The van der Waals surface area contributed by atoms with Crippen LogP contribution in [0.5, 0.6) is 0 Å². The van der Waals surface area contributed by atoms with Crippen molar-refractivity contribution in [3.05, 3.63) is 68.4 Å². The third kappa shape index (κ3) is 3.48. The quantitative estimate of drug-likeness (QED) is 0.305. The molecule has 1 unspecified atom stereocenters. The van der Waals surface area contributed by atoms with Gasteiger partial charge in [-0.2, -0.15) is 13.2 Å². The van der Waals surface area contributed by atoms with E-state index < -0.39 is 51.2 Å². The van der Waals surface area contributed by atoms with Crippen LogP contribution >= 0.6 is 23.2 Å². The van der Waals surface area contributed by atoms with Crippen LogP contribution < -0.4 is 0 Å². The number of fused-ring (bicyclic) bond motifs is 2. The Bertz CT molecular complexity index is 1280. The van der Waals surface area contributed by atoms with Gasteiger partial charge in [-0.1, -0.05) is 47.4 Å². The van der Waals surface area contributed by atoms with Gasteiger partial charge in [-0.25, -0.2) is 9.18 Å². The molecule has 2 aromatic rings. The van der Waals surface area contributed by atoms with Gasteiger partial charge in [0.2, 0.25) is 5.91 Å². The Labute approximate surface area is 206 Å². The van der Waals surface area contributed by atoms with Crippen molar-refractivity contribution < 1.29 is 36.7 Å². The summed E-state index contributed by atoms with van der Waals surface area (Å²) in [7, 11) is 0. The van der Waals surface area contributed by atoms with Crippen LogP contribution in [-0.4, -0.2) is 41.8 Å². The van der Waals surface area contributed by atoms with Gasteiger partial charge in [0, 0.05) is 29.5 Å². The first-order chi connectivity index (χ1) is 16.4. The van der Waals surface area contributed by atoms with Crippen LogP contribution in [0.15, 0.2) is 35.5 Å². The van der Waals surface area contributed by atoms with E-state index >= 15 is 0 Å². The van der Waals surface area contributed by atoms with Gasteiger partial charge in [0.15, 0.2) is 11.4 Å². The molecule has 1 fully saturated rings. The Kier molecular flexibility index (Phi) is 5.34. The molecule has 1 saturated heterocycles. The van der Waals surface area contributed by atoms with E-state index in [1.54, 1.807) is 17.9 Å². The van der Waals surface area contributed by atoms with Crippen LogP contribution in [0.1, 0.15) is 46.8 Å². The smallest absolute Gasteiger partial charge is 0.435 e. The first-order valence-electron chi connectivity index (χ1n) is 10.5.